The van der Waals surface area contributed by atoms with Crippen LogP contribution in [0.2, 0.25) is 0 Å². The van der Waals surface area contributed by atoms with Gasteiger partial charge in [-0.05, 0) is 30.5 Å². The molecule has 1 aromatic rings. The van der Waals surface area contributed by atoms with Gasteiger partial charge < -0.3 is 15.6 Å². The molecule has 0 spiro atoms. The zero-order chi connectivity index (χ0) is 10.6. The Morgan fingerprint density at radius 3 is 2.79 bits per heavy atom. The number of anilines is 1. The number of nitrogens with two attached hydrogens (primary N) is 1. The average Bonchev–Trinajstić information content (AvgIpc) is 2.20. The summed E-state index contributed by atoms with van der Waals surface area (Å²) in [6.45, 7) is 2.08. The van der Waals surface area contributed by atoms with E-state index < -0.39 is 0 Å². The van der Waals surface area contributed by atoms with Crippen LogP contribution in [-0.2, 0) is 11.2 Å². The van der Waals surface area contributed by atoms with Crippen LogP contribution in [0.1, 0.15) is 24.2 Å². The van der Waals surface area contributed by atoms with Gasteiger partial charge >= 0.3 is 0 Å². The van der Waals surface area contributed by atoms with Crippen molar-refractivity contribution in [3.63, 3.8) is 0 Å². The van der Waals surface area contributed by atoms with Crippen molar-refractivity contribution in [2.45, 2.75) is 19.4 Å². The predicted molar refractivity (Wildman–Crippen MR) is 57.1 cm³/mol. The molecule has 0 aliphatic heterocycles. The lowest BCUT2D eigenvalue weighted by Crippen LogP contribution is -2.06. The molecule has 0 saturated heterocycles. The molecule has 0 aromatic heterocycles. The average molecular weight is 195 g/mol. The molecule has 1 rings (SSSR count). The zero-order valence-corrected chi connectivity index (χ0v) is 8.66. The number of hydrogen-bond donors (Lipinski definition) is 2. The molecule has 1 aromatic carbocycles. The van der Waals surface area contributed by atoms with Crippen molar-refractivity contribution in [1.29, 1.82) is 0 Å². The van der Waals surface area contributed by atoms with Gasteiger partial charge in [-0.3, -0.25) is 0 Å². The summed E-state index contributed by atoms with van der Waals surface area (Å²) in [5.41, 5.74) is 8.60. The SMILES string of the molecule is COC(C)c1cccc(N)c1CCO. The van der Waals surface area contributed by atoms with Crippen molar-refractivity contribution in [3.05, 3.63) is 29.3 Å². The normalized spacial score (nSPS) is 12.8. The van der Waals surface area contributed by atoms with Crippen LogP contribution >= 0.6 is 0 Å². The maximum absolute atomic E-state index is 8.93. The van der Waals surface area contributed by atoms with Crippen molar-refractivity contribution < 1.29 is 9.84 Å². The highest BCUT2D eigenvalue weighted by Gasteiger charge is 2.11. The summed E-state index contributed by atoms with van der Waals surface area (Å²) in [5.74, 6) is 0. The van der Waals surface area contributed by atoms with E-state index in [2.05, 4.69) is 0 Å². The Morgan fingerprint density at radius 2 is 2.21 bits per heavy atom. The molecule has 0 aliphatic carbocycles. The van der Waals surface area contributed by atoms with Crippen LogP contribution in [0.25, 0.3) is 0 Å². The van der Waals surface area contributed by atoms with Crippen LogP contribution in [-0.4, -0.2) is 18.8 Å². The van der Waals surface area contributed by atoms with Crippen LogP contribution in [0.4, 0.5) is 5.69 Å². The lowest BCUT2D eigenvalue weighted by atomic mass is 9.99. The molecule has 78 valence electrons. The fourth-order valence-corrected chi connectivity index (χ4v) is 1.53. The minimum absolute atomic E-state index is 0.0139. The first-order chi connectivity index (χ1) is 6.70. The third-order valence-corrected chi connectivity index (χ3v) is 2.40. The second-order valence-electron chi connectivity index (χ2n) is 3.27. The maximum Gasteiger partial charge on any atom is 0.0796 e. The zero-order valence-electron chi connectivity index (χ0n) is 8.66. The molecule has 3 heteroatoms. The van der Waals surface area contributed by atoms with Gasteiger partial charge in [0.05, 0.1) is 6.10 Å². The molecular weight excluding hydrogens is 178 g/mol. The van der Waals surface area contributed by atoms with Crippen molar-refractivity contribution in [2.75, 3.05) is 19.5 Å². The number of aliphatic hydroxyl groups is 1. The molecular formula is C11H17NO2. The lowest BCUT2D eigenvalue weighted by Gasteiger charge is -2.16. The highest BCUT2D eigenvalue weighted by molar-refractivity contribution is 5.51. The monoisotopic (exact) mass is 195 g/mol. The molecule has 3 nitrogen and oxygen atoms in total. The second-order valence-corrected chi connectivity index (χ2v) is 3.27. The Morgan fingerprint density at radius 1 is 1.50 bits per heavy atom. The van der Waals surface area contributed by atoms with Crippen LogP contribution in [0.5, 0.6) is 0 Å². The molecule has 0 radical (unpaired) electrons. The van der Waals surface area contributed by atoms with Crippen molar-refractivity contribution in [3.8, 4) is 0 Å². The first-order valence-electron chi connectivity index (χ1n) is 4.71. The summed E-state index contributed by atoms with van der Waals surface area (Å²) in [7, 11) is 1.66. The number of methoxy groups -OCH3 is 1. The van der Waals surface area contributed by atoms with E-state index in [1.165, 1.54) is 0 Å². The molecule has 0 heterocycles. The summed E-state index contributed by atoms with van der Waals surface area (Å²) >= 11 is 0. The third-order valence-electron chi connectivity index (χ3n) is 2.40. The van der Waals surface area contributed by atoms with Gasteiger partial charge in [0.1, 0.15) is 0 Å². The molecule has 0 amide bonds. The smallest absolute Gasteiger partial charge is 0.0796 e. The van der Waals surface area contributed by atoms with Gasteiger partial charge in [-0.25, -0.2) is 0 Å². The topological polar surface area (TPSA) is 55.5 Å². The van der Waals surface area contributed by atoms with Crippen LogP contribution in [0.3, 0.4) is 0 Å². The van der Waals surface area contributed by atoms with E-state index in [1.54, 1.807) is 7.11 Å². The Labute approximate surface area is 84.5 Å². The number of benzene rings is 1. The van der Waals surface area contributed by atoms with E-state index in [4.69, 9.17) is 15.6 Å². The summed E-state index contributed by atoms with van der Waals surface area (Å²) in [6, 6.07) is 5.73. The van der Waals surface area contributed by atoms with E-state index >= 15 is 0 Å². The molecule has 0 fully saturated rings. The van der Waals surface area contributed by atoms with Crippen LogP contribution in [0, 0.1) is 0 Å². The molecule has 1 atom stereocenters. The Kier molecular flexibility index (Phi) is 3.92. The van der Waals surface area contributed by atoms with Gasteiger partial charge in [-0.2, -0.15) is 0 Å². The van der Waals surface area contributed by atoms with E-state index in [0.717, 1.165) is 16.8 Å². The lowest BCUT2D eigenvalue weighted by molar-refractivity contribution is 0.118. The van der Waals surface area contributed by atoms with Gasteiger partial charge in [-0.1, -0.05) is 12.1 Å². The van der Waals surface area contributed by atoms with Gasteiger partial charge in [0, 0.05) is 19.4 Å². The van der Waals surface area contributed by atoms with Gasteiger partial charge in [-0.15, -0.1) is 0 Å². The summed E-state index contributed by atoms with van der Waals surface area (Å²) in [4.78, 5) is 0. The fraction of sp³-hybridized carbons (Fsp3) is 0.455. The molecule has 3 N–H and O–H groups in total. The maximum atomic E-state index is 8.93. The van der Waals surface area contributed by atoms with Crippen molar-refractivity contribution in [1.82, 2.24) is 0 Å². The van der Waals surface area contributed by atoms with Gasteiger partial charge in [0.15, 0.2) is 0 Å². The Hall–Kier alpha value is -1.06. The molecule has 0 bridgehead atoms. The quantitative estimate of drug-likeness (QED) is 0.716. The molecule has 14 heavy (non-hydrogen) atoms. The predicted octanol–water partition coefficient (Wildman–Crippen LogP) is 1.51. The van der Waals surface area contributed by atoms with E-state index in [0.29, 0.717) is 6.42 Å². The van der Waals surface area contributed by atoms with E-state index in [9.17, 15) is 0 Å². The van der Waals surface area contributed by atoms with Crippen molar-refractivity contribution in [2.24, 2.45) is 0 Å². The number of rotatable bonds is 4. The van der Waals surface area contributed by atoms with E-state index in [-0.39, 0.29) is 12.7 Å². The van der Waals surface area contributed by atoms with Gasteiger partial charge in [0.2, 0.25) is 0 Å². The summed E-state index contributed by atoms with van der Waals surface area (Å²) in [6.07, 6.45) is 0.593. The van der Waals surface area contributed by atoms with Crippen LogP contribution in [0.15, 0.2) is 18.2 Å². The highest BCUT2D eigenvalue weighted by atomic mass is 16.5. The minimum atomic E-state index is 0.0139. The first kappa shape index (κ1) is 11.0. The standard InChI is InChI=1S/C11H17NO2/c1-8(14-2)9-4-3-5-11(12)10(9)6-7-13/h3-5,8,13H,6-7,12H2,1-2H3. The van der Waals surface area contributed by atoms with Gasteiger partial charge in [0.25, 0.3) is 0 Å². The molecule has 0 aliphatic rings. The first-order valence-corrected chi connectivity index (χ1v) is 4.71. The second kappa shape index (κ2) is 4.98. The van der Waals surface area contributed by atoms with E-state index in [1.807, 2.05) is 25.1 Å². The summed E-state index contributed by atoms with van der Waals surface area (Å²) < 4.78 is 5.24. The third kappa shape index (κ3) is 2.25. The summed E-state index contributed by atoms with van der Waals surface area (Å²) in [5, 5.41) is 8.93. The Bertz CT molecular complexity index is 299. The number of aliphatic hydroxyl groups excluding tert-OH is 1. The number of ether oxygens (including phenoxy) is 1. The minimum Gasteiger partial charge on any atom is -0.398 e. The number of nitrogen functional groups attached to an aromatic ring is 1. The fourth-order valence-electron chi connectivity index (χ4n) is 1.53. The van der Waals surface area contributed by atoms with Crippen LogP contribution < -0.4 is 5.73 Å². The molecule has 0 saturated carbocycles. The number of hydrogen-bond acceptors (Lipinski definition) is 3. The highest BCUT2D eigenvalue weighted by Crippen LogP contribution is 2.25. The molecule has 1 unspecified atom stereocenters. The largest absolute Gasteiger partial charge is 0.398 e. The van der Waals surface area contributed by atoms with Crippen molar-refractivity contribution >= 4 is 5.69 Å². The Balaban J connectivity index is 3.07.